The largest absolute Gasteiger partial charge is 0.497 e. The minimum Gasteiger partial charge on any atom is -0.497 e. The molecule has 9 heteroatoms. The van der Waals surface area contributed by atoms with Gasteiger partial charge in [0.15, 0.2) is 22.8 Å². The molecule has 3 aromatic rings. The fourth-order valence-electron chi connectivity index (χ4n) is 4.18. The molecule has 2 aromatic heterocycles. The van der Waals surface area contributed by atoms with Gasteiger partial charge in [0.1, 0.15) is 30.6 Å². The first-order chi connectivity index (χ1) is 14.9. The van der Waals surface area contributed by atoms with Crippen LogP contribution in [0.1, 0.15) is 19.4 Å². The Balaban J connectivity index is 1.37. The molecule has 9 nitrogen and oxygen atoms in total. The van der Waals surface area contributed by atoms with Crippen LogP contribution in [-0.4, -0.2) is 51.2 Å². The number of benzene rings is 1. The van der Waals surface area contributed by atoms with E-state index in [1.54, 1.807) is 13.4 Å². The van der Waals surface area contributed by atoms with Crippen LogP contribution in [0.4, 0.5) is 5.82 Å². The van der Waals surface area contributed by atoms with Crippen molar-refractivity contribution in [1.29, 1.82) is 0 Å². The predicted molar refractivity (Wildman–Crippen MR) is 114 cm³/mol. The zero-order chi connectivity index (χ0) is 21.6. The van der Waals surface area contributed by atoms with E-state index >= 15 is 0 Å². The fourth-order valence-corrected chi connectivity index (χ4v) is 4.18. The highest BCUT2D eigenvalue weighted by atomic mass is 16.8. The number of nitrogens with zero attached hydrogens (tertiary/aromatic N) is 4. The van der Waals surface area contributed by atoms with Crippen LogP contribution in [0.5, 0.6) is 5.75 Å². The highest BCUT2D eigenvalue weighted by Crippen LogP contribution is 2.43. The van der Waals surface area contributed by atoms with E-state index in [9.17, 15) is 0 Å². The molecule has 1 aliphatic heterocycles. The van der Waals surface area contributed by atoms with Gasteiger partial charge < -0.3 is 24.7 Å². The summed E-state index contributed by atoms with van der Waals surface area (Å²) in [5.74, 6) is 0.512. The summed E-state index contributed by atoms with van der Waals surface area (Å²) in [6.45, 7) is 4.84. The van der Waals surface area contributed by atoms with E-state index in [1.807, 2.05) is 42.7 Å². The molecule has 1 saturated heterocycles. The first-order valence-electron chi connectivity index (χ1n) is 10.2. The number of hydrogen-bond donors (Lipinski definition) is 1. The lowest BCUT2D eigenvalue weighted by Crippen LogP contribution is -2.28. The van der Waals surface area contributed by atoms with Crippen LogP contribution in [0, 0.1) is 5.92 Å². The van der Waals surface area contributed by atoms with Crippen LogP contribution in [-0.2, 0) is 20.8 Å². The van der Waals surface area contributed by atoms with E-state index < -0.39 is 5.79 Å². The van der Waals surface area contributed by atoms with Crippen molar-refractivity contribution in [2.75, 3.05) is 19.5 Å². The number of ether oxygens (including phenoxy) is 4. The van der Waals surface area contributed by atoms with Gasteiger partial charge in [-0.1, -0.05) is 18.2 Å². The van der Waals surface area contributed by atoms with Gasteiger partial charge >= 0.3 is 0 Å². The quantitative estimate of drug-likeness (QED) is 0.645. The summed E-state index contributed by atoms with van der Waals surface area (Å²) < 4.78 is 25.6. The Morgan fingerprint density at radius 3 is 2.71 bits per heavy atom. The van der Waals surface area contributed by atoms with Crippen molar-refractivity contribution in [1.82, 2.24) is 19.5 Å². The molecule has 162 valence electrons. The molecule has 0 spiro atoms. The smallest absolute Gasteiger partial charge is 0.169 e. The highest BCUT2D eigenvalue weighted by Gasteiger charge is 2.50. The molecule has 1 fully saturated rings. The number of anilines is 1. The molecule has 0 amide bonds. The molecule has 0 radical (unpaired) electrons. The second-order valence-electron chi connectivity index (χ2n) is 8.19. The van der Waals surface area contributed by atoms with Crippen LogP contribution in [0.15, 0.2) is 43.0 Å². The third-order valence-corrected chi connectivity index (χ3v) is 5.61. The van der Waals surface area contributed by atoms with E-state index in [0.29, 0.717) is 30.2 Å². The molecular formula is C22H25N5O4. The van der Waals surface area contributed by atoms with Gasteiger partial charge in [-0.3, -0.25) is 4.57 Å². The summed E-state index contributed by atoms with van der Waals surface area (Å²) in [5, 5.41) is 0. The zero-order valence-corrected chi connectivity index (χ0v) is 17.7. The maximum Gasteiger partial charge on any atom is 0.169 e. The lowest BCUT2D eigenvalue weighted by Gasteiger charge is -2.20. The molecule has 31 heavy (non-hydrogen) atoms. The number of fused-ring (bicyclic) bond motifs is 2. The Bertz CT molecular complexity index is 1120. The van der Waals surface area contributed by atoms with E-state index in [4.69, 9.17) is 24.7 Å². The van der Waals surface area contributed by atoms with Gasteiger partial charge in [0.2, 0.25) is 0 Å². The number of nitrogens with two attached hydrogens (primary N) is 1. The number of aromatic nitrogens is 4. The molecule has 5 rings (SSSR count). The first kappa shape index (κ1) is 19.9. The fraction of sp³-hybridized carbons (Fsp3) is 0.409. The molecule has 0 unspecified atom stereocenters. The van der Waals surface area contributed by atoms with Gasteiger partial charge in [-0.2, -0.15) is 0 Å². The van der Waals surface area contributed by atoms with Crippen LogP contribution >= 0.6 is 0 Å². The molecule has 3 atom stereocenters. The van der Waals surface area contributed by atoms with Gasteiger partial charge in [0.05, 0.1) is 26.0 Å². The van der Waals surface area contributed by atoms with Crippen molar-refractivity contribution in [2.45, 2.75) is 38.4 Å². The summed E-state index contributed by atoms with van der Waals surface area (Å²) in [5.41, 5.74) is 9.17. The molecule has 2 aliphatic rings. The van der Waals surface area contributed by atoms with Crippen LogP contribution in [0.2, 0.25) is 0 Å². The van der Waals surface area contributed by atoms with Crippen molar-refractivity contribution in [3.8, 4) is 5.75 Å². The van der Waals surface area contributed by atoms with Gasteiger partial charge in [0.25, 0.3) is 0 Å². The molecule has 1 aromatic carbocycles. The molecule has 0 saturated carbocycles. The van der Waals surface area contributed by atoms with E-state index in [1.165, 1.54) is 6.33 Å². The molecule has 1 aliphatic carbocycles. The number of methoxy groups -OCH3 is 1. The highest BCUT2D eigenvalue weighted by molar-refractivity contribution is 5.84. The Hall–Kier alpha value is -3.01. The Morgan fingerprint density at radius 1 is 1.13 bits per heavy atom. The molecule has 3 heterocycles. The van der Waals surface area contributed by atoms with Gasteiger partial charge in [-0.25, -0.2) is 15.0 Å². The summed E-state index contributed by atoms with van der Waals surface area (Å²) in [7, 11) is 1.65. The molecule has 0 bridgehead atoms. The summed E-state index contributed by atoms with van der Waals surface area (Å²) in [6.07, 6.45) is 4.86. The van der Waals surface area contributed by atoms with Crippen LogP contribution in [0.25, 0.3) is 16.9 Å². The molecular weight excluding hydrogens is 398 g/mol. The summed E-state index contributed by atoms with van der Waals surface area (Å²) in [4.78, 5) is 12.8. The topological polar surface area (TPSA) is 107 Å². The lowest BCUT2D eigenvalue weighted by atomic mass is 10.1. The van der Waals surface area contributed by atoms with Crippen LogP contribution < -0.4 is 10.5 Å². The average molecular weight is 423 g/mol. The van der Waals surface area contributed by atoms with Crippen molar-refractivity contribution in [3.63, 3.8) is 0 Å². The Labute approximate surface area is 179 Å². The SMILES string of the molecule is COc1ccc(COC[C@H]2C=C(n3cnc4c(N)ncnc43)[C@@H]3OC(C)(C)O[C@H]23)cc1. The first-order valence-corrected chi connectivity index (χ1v) is 10.2. The monoisotopic (exact) mass is 423 g/mol. The van der Waals surface area contributed by atoms with Crippen LogP contribution in [0.3, 0.4) is 0 Å². The second kappa shape index (κ2) is 7.60. The van der Waals surface area contributed by atoms with Gasteiger partial charge in [-0.15, -0.1) is 0 Å². The van der Waals surface area contributed by atoms with Crippen molar-refractivity contribution in [3.05, 3.63) is 48.6 Å². The van der Waals surface area contributed by atoms with E-state index in [2.05, 4.69) is 21.0 Å². The number of imidazole rings is 1. The number of hydrogen-bond acceptors (Lipinski definition) is 8. The minimum atomic E-state index is -0.687. The number of nitrogen functional groups attached to an aromatic ring is 1. The maximum atomic E-state index is 6.23. The van der Waals surface area contributed by atoms with Crippen molar-refractivity contribution in [2.24, 2.45) is 5.92 Å². The lowest BCUT2D eigenvalue weighted by molar-refractivity contribution is -0.149. The predicted octanol–water partition coefficient (Wildman–Crippen LogP) is 2.62. The summed E-state index contributed by atoms with van der Waals surface area (Å²) in [6, 6.07) is 7.85. The average Bonchev–Trinajstić information content (AvgIpc) is 3.41. The zero-order valence-electron chi connectivity index (χ0n) is 17.7. The van der Waals surface area contributed by atoms with Crippen molar-refractivity contribution >= 4 is 22.7 Å². The Morgan fingerprint density at radius 2 is 1.94 bits per heavy atom. The standard InChI is InChI=1S/C22H25N5O4/c1-22(2)30-18-14(10-29-9-13-4-6-15(28-3)7-5-13)8-16(19(18)31-22)27-12-26-17-20(23)24-11-25-21(17)27/h4-8,11-12,14,18-19H,9-10H2,1-3H3,(H2,23,24,25)/t14-,18-,19+/m1/s1. The van der Waals surface area contributed by atoms with E-state index in [0.717, 1.165) is 17.0 Å². The molecule has 2 N–H and O–H groups in total. The normalized spacial score (nSPS) is 24.4. The minimum absolute atomic E-state index is 0.0247. The van der Waals surface area contributed by atoms with Gasteiger partial charge in [-0.05, 0) is 31.5 Å². The van der Waals surface area contributed by atoms with E-state index in [-0.39, 0.29) is 18.1 Å². The second-order valence-corrected chi connectivity index (χ2v) is 8.19. The summed E-state index contributed by atoms with van der Waals surface area (Å²) >= 11 is 0. The third kappa shape index (κ3) is 3.65. The third-order valence-electron chi connectivity index (χ3n) is 5.61. The Kier molecular flexibility index (Phi) is 4.88. The maximum absolute atomic E-state index is 6.23. The van der Waals surface area contributed by atoms with Crippen molar-refractivity contribution < 1.29 is 18.9 Å². The van der Waals surface area contributed by atoms with Gasteiger partial charge in [0, 0.05) is 5.92 Å². The number of rotatable bonds is 6.